The molecule has 0 radical (unpaired) electrons. The van der Waals surface area contributed by atoms with Gasteiger partial charge in [0.2, 0.25) is 0 Å². The molecule has 135 heavy (non-hydrogen) atoms. The van der Waals surface area contributed by atoms with Crippen LogP contribution in [0.15, 0.2) is 146 Å². The standard InChI is InChI=1S/2C26H54Si4.2C18H34Si2.2C12H18.C11H16/c2*1-26(2,3)25-21(19-23(27(4,5)6)28(7,8)9)17-16-18-22(25)20-24(29(10,11)12)30(13,14)15;2*1-18(2,3)16-13-11-10-12-15(16)14-17(19(4,5)6)20(7,8)9;2*1-9-7-6-8-10(2)11(9)12(3,4)5;1-9-7-5-6-8-10(9)11(2,3)4/h2*16-18,23-24H,19-20H2,1-15H3;2*10-13,17H,14H2,1-9H3;2*6-8H,1-5H3;5-8H,1-4H3/i19D2,20D2;;14D2;;;;. The molecule has 0 fully saturated rings. The third-order valence-corrected chi connectivity index (χ3v) is 83.6. The van der Waals surface area contributed by atoms with Crippen LogP contribution in [0.4, 0.5) is 0 Å². The third kappa shape index (κ3) is 43.5. The summed E-state index contributed by atoms with van der Waals surface area (Å²) in [5.41, 5.74) is 24.9. The van der Waals surface area contributed by atoms with E-state index >= 15 is 0 Å². The second kappa shape index (κ2) is 48.9. The van der Waals surface area contributed by atoms with E-state index in [-0.39, 0.29) is 53.4 Å². The Morgan fingerprint density at radius 2 is 0.333 bits per heavy atom. The highest BCUT2D eigenvalue weighted by Gasteiger charge is 2.46. The molecule has 0 atom stereocenters. The van der Waals surface area contributed by atoms with Crippen molar-refractivity contribution in [3.05, 3.63) is 246 Å². The molecule has 0 aromatic heterocycles. The van der Waals surface area contributed by atoms with Gasteiger partial charge in [-0.2, -0.15) is 0 Å². The largest absolute Gasteiger partial charge is 0.0695 e. The summed E-state index contributed by atoms with van der Waals surface area (Å²) in [6, 6.07) is 52.1. The van der Waals surface area contributed by atoms with Gasteiger partial charge in [0, 0.05) is 105 Å². The maximum absolute atomic E-state index is 9.64. The molecule has 0 aliphatic carbocycles. The zero-order valence-corrected chi connectivity index (χ0v) is 113. The van der Waals surface area contributed by atoms with Gasteiger partial charge in [0.05, 0.1) is 0 Å². The van der Waals surface area contributed by atoms with Gasteiger partial charge < -0.3 is 0 Å². The maximum Gasteiger partial charge on any atom is 0.0450 e. The van der Waals surface area contributed by atoms with Gasteiger partial charge in [-0.05, 0) is 242 Å². The zero-order valence-electron chi connectivity index (χ0n) is 107. The van der Waals surface area contributed by atoms with Crippen LogP contribution >= 0.6 is 0 Å². The number of rotatable bonds is 24. The molecular weight excluding hydrogens is 1810 g/mol. The maximum atomic E-state index is 9.64. The fourth-order valence-corrected chi connectivity index (χ4v) is 94.6. The lowest BCUT2D eigenvalue weighted by Crippen LogP contribution is -2.46. The van der Waals surface area contributed by atoms with Gasteiger partial charge >= 0.3 is 0 Å². The van der Waals surface area contributed by atoms with Crippen LogP contribution in [0.3, 0.4) is 0 Å². The van der Waals surface area contributed by atoms with Gasteiger partial charge in [0.1, 0.15) is 0 Å². The normalized spacial score (nSPS) is 14.7. The van der Waals surface area contributed by atoms with Crippen molar-refractivity contribution in [1.29, 1.82) is 0 Å². The van der Waals surface area contributed by atoms with E-state index in [1.807, 2.05) is 36.4 Å². The lowest BCUT2D eigenvalue weighted by molar-refractivity contribution is 0.573. The van der Waals surface area contributed by atoms with Gasteiger partial charge in [-0.3, -0.25) is 0 Å². The molecule has 12 heteroatoms. The minimum atomic E-state index is -1.86. The number of benzene rings is 7. The predicted molar refractivity (Wildman–Crippen MR) is 665 cm³/mol. The third-order valence-electron chi connectivity index (χ3n) is 27.4. The highest BCUT2D eigenvalue weighted by Crippen LogP contribution is 2.48. The molecule has 768 valence electrons. The van der Waals surface area contributed by atoms with Crippen molar-refractivity contribution in [2.75, 3.05) is 0 Å². The first-order valence-corrected chi connectivity index (χ1v) is 95.5. The van der Waals surface area contributed by atoms with E-state index in [0.29, 0.717) is 0 Å². The molecular formula is C123H228Si12. The van der Waals surface area contributed by atoms with E-state index in [9.17, 15) is 5.48 Å². The highest BCUT2D eigenvalue weighted by atomic mass is 28.4. The smallest absolute Gasteiger partial charge is 0.0450 e. The van der Waals surface area contributed by atoms with Crippen molar-refractivity contribution in [3.63, 3.8) is 0 Å². The van der Waals surface area contributed by atoms with Gasteiger partial charge in [0.25, 0.3) is 0 Å². The molecule has 0 amide bonds. The summed E-state index contributed by atoms with van der Waals surface area (Å²) >= 11 is 0. The SMILES string of the molecule is CC(C)(C)c1c(CC([Si](C)(C)C)[Si](C)(C)C)cccc1CC([Si](C)(C)C)[Si](C)(C)C.CC(C)(C)c1ccccc1CC([Si](C)(C)C)[Si](C)(C)C.Cc1cccc(C)c1C(C)(C)C.Cc1cccc(C)c1C(C)(C)C.Cc1ccccc1C(C)(C)C.[2H]C([2H])(c1cccc(C([2H])([2H])C([Si](C)(C)C)[Si](C)(C)C)c1C(C)(C)C)C([Si](C)(C)C)[Si](C)(C)C.[2H]C([2H])(c1ccccc1C(C)(C)C)C([Si](C)(C)C)[Si](C)(C)C. The molecule has 0 N–H and O–H groups in total. The summed E-state index contributed by atoms with van der Waals surface area (Å²) in [4.78, 5) is 0. The molecule has 7 aromatic rings. The molecule has 0 spiro atoms. The predicted octanol–water partition coefficient (Wildman–Crippen LogP) is 41.2. The summed E-state index contributed by atoms with van der Waals surface area (Å²) in [5, 5.41) is 3.03. The number of hydrogen-bond acceptors (Lipinski definition) is 0. The second-order valence-corrected chi connectivity index (χ2v) is 129. The average molecular weight is 2050 g/mol. The Balaban J connectivity index is 0.000000852. The lowest BCUT2D eigenvalue weighted by Gasteiger charge is -2.41. The van der Waals surface area contributed by atoms with E-state index in [4.69, 9.17) is 2.74 Å². The van der Waals surface area contributed by atoms with Crippen LogP contribution in [0.5, 0.6) is 0 Å². The molecule has 0 nitrogen and oxygen atoms in total. The van der Waals surface area contributed by atoms with Crippen molar-refractivity contribution in [2.45, 2.75) is 523 Å². The van der Waals surface area contributed by atoms with Crippen LogP contribution in [-0.4, -0.2) is 96.9 Å². The first-order chi connectivity index (χ1) is 61.9. The van der Waals surface area contributed by atoms with Crippen molar-refractivity contribution in [3.8, 4) is 0 Å². The van der Waals surface area contributed by atoms with Gasteiger partial charge in [0.15, 0.2) is 0 Å². The minimum absolute atomic E-state index is 0.0273. The lowest BCUT2D eigenvalue weighted by atomic mass is 9.79. The molecule has 0 heterocycles. The van der Waals surface area contributed by atoms with E-state index in [0.717, 1.165) is 43.3 Å². The Bertz CT molecular complexity index is 4750. The van der Waals surface area contributed by atoms with Gasteiger partial charge in [-0.25, -0.2) is 0 Å². The average Bonchev–Trinajstić information content (AvgIpc) is 0.715. The van der Waals surface area contributed by atoms with Gasteiger partial charge in [-0.15, -0.1) is 0 Å². The molecule has 0 bridgehead atoms. The summed E-state index contributed by atoms with van der Waals surface area (Å²) in [5.74, 6) is 0. The Morgan fingerprint density at radius 1 is 0.170 bits per heavy atom. The van der Waals surface area contributed by atoms with Crippen LogP contribution in [0, 0.1) is 34.6 Å². The summed E-state index contributed by atoms with van der Waals surface area (Å²) in [6.07, 6.45) is -0.334. The first-order valence-electron chi connectivity index (χ1n) is 55.6. The van der Waals surface area contributed by atoms with Crippen molar-refractivity contribution in [1.82, 2.24) is 0 Å². The fraction of sp³-hybridized carbons (Fsp3) is 0.659. The minimum Gasteiger partial charge on any atom is -0.0695 e. The Hall–Kier alpha value is -2.86. The summed E-state index contributed by atoms with van der Waals surface area (Å²) in [6.45, 7) is 147. The fourth-order valence-electron chi connectivity index (χ4n) is 23.7. The molecule has 7 aromatic carbocycles. The molecule has 0 aliphatic rings. The van der Waals surface area contributed by atoms with Crippen molar-refractivity contribution in [2.24, 2.45) is 0 Å². The summed E-state index contributed by atoms with van der Waals surface area (Å²) in [7, 11) is -17.8. The molecule has 0 aliphatic heterocycles. The van der Waals surface area contributed by atoms with Crippen LogP contribution in [0.2, 0.25) is 267 Å². The topological polar surface area (TPSA) is 0 Å². The van der Waals surface area contributed by atoms with Crippen LogP contribution in [0.1, 0.15) is 254 Å². The first kappa shape index (κ1) is 119. The van der Waals surface area contributed by atoms with Gasteiger partial charge in [-0.1, -0.05) is 527 Å². The Labute approximate surface area is 866 Å². The molecule has 0 saturated heterocycles. The number of hydrogen-bond donors (Lipinski definition) is 0. The Morgan fingerprint density at radius 3 is 0.541 bits per heavy atom. The summed E-state index contributed by atoms with van der Waals surface area (Å²) < 4.78 is 56.8. The molecule has 0 saturated carbocycles. The van der Waals surface area contributed by atoms with E-state index < -0.39 is 116 Å². The zero-order chi connectivity index (χ0) is 112. The van der Waals surface area contributed by atoms with Crippen LogP contribution < -0.4 is 0 Å². The number of aryl methyl sites for hydroxylation is 5. The second-order valence-electron chi connectivity index (χ2n) is 61.4. The monoisotopic (exact) mass is 2050 g/mol. The van der Waals surface area contributed by atoms with E-state index in [1.54, 1.807) is 27.8 Å². The Kier molecular flexibility index (Phi) is 43.1. The van der Waals surface area contributed by atoms with E-state index in [2.05, 4.69) is 525 Å². The highest BCUT2D eigenvalue weighted by molar-refractivity contribution is 6.99. The van der Waals surface area contributed by atoms with Crippen molar-refractivity contribution >= 4 is 96.9 Å². The van der Waals surface area contributed by atoms with Crippen LogP contribution in [0.25, 0.3) is 0 Å². The quantitative estimate of drug-likeness (QED) is 0.0529. The molecule has 0 unspecified atom stereocenters. The molecule has 7 rings (SSSR count). The van der Waals surface area contributed by atoms with Crippen molar-refractivity contribution < 1.29 is 8.22 Å². The van der Waals surface area contributed by atoms with Crippen LogP contribution in [-0.2, 0) is 76.3 Å². The van der Waals surface area contributed by atoms with E-state index in [1.165, 1.54) is 63.8 Å².